The van der Waals surface area contributed by atoms with Crippen LogP contribution in [0.1, 0.15) is 30.9 Å². The van der Waals surface area contributed by atoms with Crippen LogP contribution in [-0.4, -0.2) is 47.1 Å². The number of nitrogens with two attached hydrogens (primary N) is 1. The predicted octanol–water partition coefficient (Wildman–Crippen LogP) is 5.00. The molecule has 0 aromatic heterocycles. The lowest BCUT2D eigenvalue weighted by Gasteiger charge is -2.25. The number of benzene rings is 3. The molecular weight excluding hydrogens is 500 g/mol. The maximum absolute atomic E-state index is 13.3. The number of rotatable bonds is 8. The van der Waals surface area contributed by atoms with Gasteiger partial charge in [-0.25, -0.2) is 0 Å². The molecule has 0 unspecified atom stereocenters. The van der Waals surface area contributed by atoms with E-state index in [0.717, 1.165) is 11.1 Å². The van der Waals surface area contributed by atoms with E-state index in [4.69, 9.17) is 17.3 Å². The molecule has 198 valence electrons. The second-order valence-corrected chi connectivity index (χ2v) is 10.7. The molecule has 1 aliphatic rings. The number of nitrogens with zero attached hydrogens (tertiary/aromatic N) is 1. The van der Waals surface area contributed by atoms with Gasteiger partial charge in [-0.2, -0.15) is 0 Å². The number of anilines is 3. The lowest BCUT2D eigenvalue weighted by molar-refractivity contribution is -0.120. The van der Waals surface area contributed by atoms with Gasteiger partial charge in [0.05, 0.1) is 22.9 Å². The van der Waals surface area contributed by atoms with Crippen LogP contribution in [0.4, 0.5) is 17.1 Å². The van der Waals surface area contributed by atoms with Gasteiger partial charge in [-0.05, 0) is 67.4 Å². The Bertz CT molecular complexity index is 1300. The topological polar surface area (TPSA) is 108 Å². The molecular formula is C30H33ClN4O3. The van der Waals surface area contributed by atoms with Crippen molar-refractivity contribution in [2.24, 2.45) is 5.92 Å². The summed E-state index contributed by atoms with van der Waals surface area (Å²) >= 11 is 5.98. The lowest BCUT2D eigenvalue weighted by Crippen LogP contribution is -2.38. The Morgan fingerprint density at radius 3 is 2.37 bits per heavy atom. The highest BCUT2D eigenvalue weighted by atomic mass is 35.5. The fourth-order valence-corrected chi connectivity index (χ4v) is 4.87. The van der Waals surface area contributed by atoms with Crippen LogP contribution in [0, 0.1) is 5.92 Å². The number of likely N-dealkylation sites (tertiary alicyclic amines) is 1. The van der Waals surface area contributed by atoms with Gasteiger partial charge in [-0.3, -0.25) is 14.5 Å². The van der Waals surface area contributed by atoms with Crippen LogP contribution in [0.3, 0.4) is 0 Å². The third-order valence-corrected chi connectivity index (χ3v) is 6.72. The molecule has 8 heteroatoms. The van der Waals surface area contributed by atoms with Gasteiger partial charge in [0.1, 0.15) is 0 Å². The van der Waals surface area contributed by atoms with Gasteiger partial charge in [0.15, 0.2) is 0 Å². The number of aliphatic hydroxyl groups is 1. The van der Waals surface area contributed by atoms with Crippen molar-refractivity contribution in [2.75, 3.05) is 36.0 Å². The van der Waals surface area contributed by atoms with E-state index in [1.165, 1.54) is 6.08 Å². The minimum atomic E-state index is -0.869. The number of amides is 2. The first-order valence-corrected chi connectivity index (χ1v) is 12.9. The molecule has 0 aliphatic carbocycles. The zero-order valence-electron chi connectivity index (χ0n) is 21.5. The average molecular weight is 533 g/mol. The summed E-state index contributed by atoms with van der Waals surface area (Å²) in [6, 6.07) is 22.0. The maximum Gasteiger partial charge on any atom is 0.248 e. The molecule has 5 N–H and O–H groups in total. The summed E-state index contributed by atoms with van der Waals surface area (Å²) < 4.78 is 0. The molecule has 1 heterocycles. The minimum Gasteiger partial charge on any atom is -0.397 e. The predicted molar refractivity (Wildman–Crippen MR) is 154 cm³/mol. The molecule has 2 atom stereocenters. The Morgan fingerprint density at radius 2 is 1.71 bits per heavy atom. The van der Waals surface area contributed by atoms with E-state index in [2.05, 4.69) is 15.5 Å². The Balaban J connectivity index is 1.46. The van der Waals surface area contributed by atoms with E-state index in [-0.39, 0.29) is 23.7 Å². The zero-order valence-corrected chi connectivity index (χ0v) is 22.3. The number of nitrogen functional groups attached to an aromatic ring is 1. The van der Waals surface area contributed by atoms with Gasteiger partial charge in [-0.15, -0.1) is 0 Å². The van der Waals surface area contributed by atoms with E-state index in [0.29, 0.717) is 41.7 Å². The average Bonchev–Trinajstić information content (AvgIpc) is 3.28. The number of para-hydroxylation sites is 2. The highest BCUT2D eigenvalue weighted by Crippen LogP contribution is 2.34. The highest BCUT2D eigenvalue weighted by molar-refractivity contribution is 6.30. The first-order chi connectivity index (χ1) is 18.1. The van der Waals surface area contributed by atoms with Crippen LogP contribution in [0.5, 0.6) is 0 Å². The first-order valence-electron chi connectivity index (χ1n) is 12.5. The van der Waals surface area contributed by atoms with Gasteiger partial charge in [0, 0.05) is 42.3 Å². The molecule has 3 aromatic carbocycles. The number of carbonyl (C=O) groups is 2. The summed E-state index contributed by atoms with van der Waals surface area (Å²) in [5.41, 5.74) is 8.66. The molecule has 0 bridgehead atoms. The summed E-state index contributed by atoms with van der Waals surface area (Å²) in [4.78, 5) is 27.8. The molecule has 0 spiro atoms. The monoisotopic (exact) mass is 532 g/mol. The maximum atomic E-state index is 13.3. The van der Waals surface area contributed by atoms with Gasteiger partial charge < -0.3 is 21.5 Å². The summed E-state index contributed by atoms with van der Waals surface area (Å²) in [5, 5.41) is 16.8. The van der Waals surface area contributed by atoms with Crippen LogP contribution < -0.4 is 16.4 Å². The van der Waals surface area contributed by atoms with Gasteiger partial charge >= 0.3 is 0 Å². The summed E-state index contributed by atoms with van der Waals surface area (Å²) in [7, 11) is 0. The van der Waals surface area contributed by atoms with Crippen LogP contribution in [-0.2, 0) is 9.59 Å². The van der Waals surface area contributed by atoms with Crippen LogP contribution in [0.25, 0.3) is 6.08 Å². The Kier molecular flexibility index (Phi) is 8.52. The van der Waals surface area contributed by atoms with Crippen LogP contribution in [0.2, 0.25) is 5.02 Å². The molecule has 4 rings (SSSR count). The smallest absolute Gasteiger partial charge is 0.248 e. The number of carbonyl (C=O) groups excluding carboxylic acids is 2. The van der Waals surface area contributed by atoms with Gasteiger partial charge in [0.25, 0.3) is 0 Å². The largest absolute Gasteiger partial charge is 0.397 e. The van der Waals surface area contributed by atoms with Crippen molar-refractivity contribution in [2.45, 2.75) is 25.4 Å². The molecule has 0 saturated carbocycles. The molecule has 1 saturated heterocycles. The van der Waals surface area contributed by atoms with Gasteiger partial charge in [-0.1, -0.05) is 48.0 Å². The van der Waals surface area contributed by atoms with Crippen molar-refractivity contribution in [1.29, 1.82) is 0 Å². The third-order valence-electron chi connectivity index (χ3n) is 6.47. The SMILES string of the molecule is CC(C)(O)CN1C[C@@H](C(=O)Nc2ccc(Cl)cc2)[C@H](c2ccc(C=CC(=O)Nc3ccccc3N)cc2)C1. The van der Waals surface area contributed by atoms with E-state index >= 15 is 0 Å². The summed E-state index contributed by atoms with van der Waals surface area (Å²) in [5.74, 6) is -0.691. The number of hydrogen-bond acceptors (Lipinski definition) is 5. The van der Waals surface area contributed by atoms with E-state index in [9.17, 15) is 14.7 Å². The Hall–Kier alpha value is -3.65. The summed E-state index contributed by atoms with van der Waals surface area (Å²) in [6.07, 6.45) is 3.20. The molecule has 1 aliphatic heterocycles. The first kappa shape index (κ1) is 27.4. The Labute approximate surface area is 228 Å². The van der Waals surface area contributed by atoms with Crippen molar-refractivity contribution in [1.82, 2.24) is 4.90 Å². The van der Waals surface area contributed by atoms with Crippen molar-refractivity contribution >= 4 is 46.6 Å². The van der Waals surface area contributed by atoms with Crippen molar-refractivity contribution < 1.29 is 14.7 Å². The molecule has 38 heavy (non-hydrogen) atoms. The minimum absolute atomic E-state index is 0.0490. The van der Waals surface area contributed by atoms with Crippen molar-refractivity contribution in [3.63, 3.8) is 0 Å². The normalized spacial score (nSPS) is 18.0. The zero-order chi connectivity index (χ0) is 27.3. The number of hydrogen-bond donors (Lipinski definition) is 4. The molecule has 3 aromatic rings. The number of nitrogens with one attached hydrogen (secondary N) is 2. The van der Waals surface area contributed by atoms with E-state index in [1.807, 2.05) is 36.4 Å². The van der Waals surface area contributed by atoms with E-state index < -0.39 is 5.60 Å². The quantitative estimate of drug-likeness (QED) is 0.241. The van der Waals surface area contributed by atoms with Gasteiger partial charge in [0.2, 0.25) is 11.8 Å². The second-order valence-electron chi connectivity index (χ2n) is 10.3. The lowest BCUT2D eigenvalue weighted by atomic mass is 9.88. The number of β-amino-alcohol motifs (C(OH)–C–C–N with tert-alkyl or cyclic N) is 1. The van der Waals surface area contributed by atoms with E-state index in [1.54, 1.807) is 56.3 Å². The third kappa shape index (κ3) is 7.44. The molecule has 7 nitrogen and oxygen atoms in total. The van der Waals surface area contributed by atoms with Crippen molar-refractivity contribution in [3.05, 3.63) is 95.0 Å². The fourth-order valence-electron chi connectivity index (χ4n) is 4.74. The molecule has 2 amide bonds. The molecule has 1 fully saturated rings. The second kappa shape index (κ2) is 11.8. The highest BCUT2D eigenvalue weighted by Gasteiger charge is 2.39. The van der Waals surface area contributed by atoms with Crippen LogP contribution >= 0.6 is 11.6 Å². The molecule has 0 radical (unpaired) electrons. The Morgan fingerprint density at radius 1 is 1.03 bits per heavy atom. The fraction of sp³-hybridized carbons (Fsp3) is 0.267. The summed E-state index contributed by atoms with van der Waals surface area (Å²) in [6.45, 7) is 5.20. The number of halogens is 1. The van der Waals surface area contributed by atoms with Crippen molar-refractivity contribution in [3.8, 4) is 0 Å². The standard InChI is InChI=1S/C30H33ClN4O3/c1-30(2,38)19-35-17-24(25(18-35)29(37)33-23-14-12-22(31)13-15-23)21-10-7-20(8-11-21)9-16-28(36)34-27-6-4-3-5-26(27)32/h3-16,24-25,38H,17-19,32H2,1-2H3,(H,33,37)(H,34,36)/t24-,25+/m0/s1. The van der Waals surface area contributed by atoms with Crippen LogP contribution in [0.15, 0.2) is 78.9 Å².